The van der Waals surface area contributed by atoms with Gasteiger partial charge in [0.15, 0.2) is 0 Å². The summed E-state index contributed by atoms with van der Waals surface area (Å²) in [5.41, 5.74) is 11.3. The molecule has 0 amide bonds. The van der Waals surface area contributed by atoms with Crippen LogP contribution in [0.4, 0.5) is 10.2 Å². The van der Waals surface area contributed by atoms with E-state index in [-0.39, 0.29) is 22.8 Å². The Bertz CT molecular complexity index is 975. The van der Waals surface area contributed by atoms with Crippen LogP contribution in [0.25, 0.3) is 22.0 Å². The Morgan fingerprint density at radius 2 is 1.80 bits per heavy atom. The summed E-state index contributed by atoms with van der Waals surface area (Å²) in [5.74, 6) is 0.0218. The lowest BCUT2D eigenvalue weighted by atomic mass is 9.89. The highest BCUT2D eigenvalue weighted by atomic mass is 35.5. The van der Waals surface area contributed by atoms with Gasteiger partial charge in [-0.25, -0.2) is 14.4 Å². The maximum atomic E-state index is 14.2. The van der Waals surface area contributed by atoms with Crippen LogP contribution in [-0.4, -0.2) is 9.97 Å². The summed E-state index contributed by atoms with van der Waals surface area (Å²) in [6.45, 7) is 9.95. The van der Waals surface area contributed by atoms with Crippen LogP contribution < -0.4 is 5.73 Å². The zero-order valence-electron chi connectivity index (χ0n) is 14.4. The Morgan fingerprint density at radius 1 is 1.16 bits per heavy atom. The van der Waals surface area contributed by atoms with Gasteiger partial charge in [0.2, 0.25) is 5.28 Å². The number of fused-ring (bicyclic) bond motifs is 1. The maximum absolute atomic E-state index is 14.2. The van der Waals surface area contributed by atoms with E-state index in [2.05, 4.69) is 35.6 Å². The first kappa shape index (κ1) is 17.4. The number of aryl methyl sites for hydroxylation is 2. The van der Waals surface area contributed by atoms with Gasteiger partial charge in [-0.1, -0.05) is 25.1 Å². The van der Waals surface area contributed by atoms with E-state index in [0.717, 1.165) is 16.7 Å². The molecule has 25 heavy (non-hydrogen) atoms. The van der Waals surface area contributed by atoms with Crippen molar-refractivity contribution in [3.8, 4) is 11.1 Å². The van der Waals surface area contributed by atoms with Crippen molar-refractivity contribution in [1.82, 2.24) is 9.97 Å². The predicted molar refractivity (Wildman–Crippen MR) is 102 cm³/mol. The molecule has 0 aliphatic carbocycles. The van der Waals surface area contributed by atoms with Gasteiger partial charge in [-0.3, -0.25) is 0 Å². The van der Waals surface area contributed by atoms with E-state index in [1.165, 1.54) is 17.7 Å². The first-order valence-corrected chi connectivity index (χ1v) is 8.36. The third kappa shape index (κ3) is 3.10. The lowest BCUT2D eigenvalue weighted by Crippen LogP contribution is -2.00. The standard InChI is InChI=1S/C20H19ClFN3/c1-5-10(2)13-6-11(3)17(12(4)7-13)15-8-14(22)9-16-18(15)24-20(21)25-19(16)23/h5-10H,1H2,2-4H3,(H2,23,24,25). The zero-order chi connectivity index (χ0) is 18.3. The fourth-order valence-electron chi connectivity index (χ4n) is 3.20. The molecule has 3 aromatic rings. The number of rotatable bonds is 3. The third-order valence-electron chi connectivity index (χ3n) is 4.47. The molecule has 2 N–H and O–H groups in total. The van der Waals surface area contributed by atoms with E-state index in [0.29, 0.717) is 16.5 Å². The van der Waals surface area contributed by atoms with Crippen LogP contribution in [-0.2, 0) is 0 Å². The summed E-state index contributed by atoms with van der Waals surface area (Å²) in [7, 11) is 0. The van der Waals surface area contributed by atoms with Gasteiger partial charge in [0, 0.05) is 10.9 Å². The molecule has 3 rings (SSSR count). The van der Waals surface area contributed by atoms with Gasteiger partial charge >= 0.3 is 0 Å². The smallest absolute Gasteiger partial charge is 0.224 e. The number of allylic oxidation sites excluding steroid dienone is 1. The van der Waals surface area contributed by atoms with Crippen molar-refractivity contribution in [3.05, 3.63) is 64.7 Å². The number of hydrogen-bond donors (Lipinski definition) is 1. The molecule has 0 fully saturated rings. The lowest BCUT2D eigenvalue weighted by Gasteiger charge is -2.17. The molecule has 0 aliphatic rings. The van der Waals surface area contributed by atoms with Gasteiger partial charge in [-0.15, -0.1) is 6.58 Å². The Hall–Kier alpha value is -2.46. The minimum atomic E-state index is -0.387. The fourth-order valence-corrected chi connectivity index (χ4v) is 3.38. The van der Waals surface area contributed by atoms with E-state index < -0.39 is 0 Å². The number of anilines is 1. The molecule has 1 unspecified atom stereocenters. The highest BCUT2D eigenvalue weighted by Crippen LogP contribution is 2.36. The summed E-state index contributed by atoms with van der Waals surface area (Å²) in [5, 5.41) is 0.506. The zero-order valence-corrected chi connectivity index (χ0v) is 15.2. The molecule has 0 spiro atoms. The summed E-state index contributed by atoms with van der Waals surface area (Å²) in [6, 6.07) is 7.00. The van der Waals surface area contributed by atoms with Crippen LogP contribution in [0.15, 0.2) is 36.9 Å². The summed E-state index contributed by atoms with van der Waals surface area (Å²) < 4.78 is 14.2. The molecule has 0 bridgehead atoms. The van der Waals surface area contributed by atoms with E-state index in [1.807, 2.05) is 19.9 Å². The average molecular weight is 356 g/mol. The van der Waals surface area contributed by atoms with Crippen molar-refractivity contribution in [1.29, 1.82) is 0 Å². The van der Waals surface area contributed by atoms with Crippen molar-refractivity contribution >= 4 is 28.3 Å². The molecule has 1 heterocycles. The second-order valence-electron chi connectivity index (χ2n) is 6.28. The molecule has 0 aliphatic heterocycles. The molecule has 0 saturated heterocycles. The van der Waals surface area contributed by atoms with Crippen molar-refractivity contribution in [2.75, 3.05) is 5.73 Å². The van der Waals surface area contributed by atoms with Gasteiger partial charge in [-0.05, 0) is 65.8 Å². The SMILES string of the molecule is C=CC(C)c1cc(C)c(-c2cc(F)cc3c(N)nc(Cl)nc23)c(C)c1. The quantitative estimate of drug-likeness (QED) is 0.493. The topological polar surface area (TPSA) is 51.8 Å². The van der Waals surface area contributed by atoms with Gasteiger partial charge < -0.3 is 5.73 Å². The predicted octanol–water partition coefficient (Wildman–Crippen LogP) is 5.58. The Kier molecular flexibility index (Phi) is 4.48. The van der Waals surface area contributed by atoms with Crippen LogP contribution in [0.3, 0.4) is 0 Å². The van der Waals surface area contributed by atoms with Crippen molar-refractivity contribution < 1.29 is 4.39 Å². The number of aromatic nitrogens is 2. The van der Waals surface area contributed by atoms with E-state index in [4.69, 9.17) is 17.3 Å². The van der Waals surface area contributed by atoms with Crippen LogP contribution in [0.2, 0.25) is 5.28 Å². The number of benzene rings is 2. The number of nitrogens with zero attached hydrogens (tertiary/aromatic N) is 2. The number of hydrogen-bond acceptors (Lipinski definition) is 3. The first-order valence-electron chi connectivity index (χ1n) is 7.98. The summed E-state index contributed by atoms with van der Waals surface area (Å²) >= 11 is 5.98. The average Bonchev–Trinajstić information content (AvgIpc) is 2.54. The van der Waals surface area contributed by atoms with Crippen LogP contribution >= 0.6 is 11.6 Å². The van der Waals surface area contributed by atoms with Crippen LogP contribution in [0.5, 0.6) is 0 Å². The Morgan fingerprint density at radius 3 is 2.40 bits per heavy atom. The van der Waals surface area contributed by atoms with Crippen molar-refractivity contribution in [2.45, 2.75) is 26.7 Å². The number of nitrogen functional groups attached to an aromatic ring is 1. The van der Waals surface area contributed by atoms with Crippen molar-refractivity contribution in [3.63, 3.8) is 0 Å². The van der Waals surface area contributed by atoms with E-state index in [1.54, 1.807) is 0 Å². The maximum Gasteiger partial charge on any atom is 0.224 e. The molecule has 1 aromatic heterocycles. The van der Waals surface area contributed by atoms with Crippen molar-refractivity contribution in [2.24, 2.45) is 0 Å². The fraction of sp³-hybridized carbons (Fsp3) is 0.200. The normalized spacial score (nSPS) is 12.4. The molecule has 128 valence electrons. The third-order valence-corrected chi connectivity index (χ3v) is 4.64. The molecule has 5 heteroatoms. The van der Waals surface area contributed by atoms with Gasteiger partial charge in [0.05, 0.1) is 5.52 Å². The molecule has 1 atom stereocenters. The van der Waals surface area contributed by atoms with Gasteiger partial charge in [-0.2, -0.15) is 0 Å². The highest BCUT2D eigenvalue weighted by Gasteiger charge is 2.17. The minimum Gasteiger partial charge on any atom is -0.383 e. The largest absolute Gasteiger partial charge is 0.383 e. The molecular formula is C20H19ClFN3. The number of nitrogens with two attached hydrogens (primary N) is 1. The summed E-state index contributed by atoms with van der Waals surface area (Å²) in [4.78, 5) is 8.23. The van der Waals surface area contributed by atoms with Crippen LogP contribution in [0.1, 0.15) is 29.5 Å². The summed E-state index contributed by atoms with van der Waals surface area (Å²) in [6.07, 6.45) is 1.90. The minimum absolute atomic E-state index is 0.0464. The highest BCUT2D eigenvalue weighted by molar-refractivity contribution is 6.29. The lowest BCUT2D eigenvalue weighted by molar-refractivity contribution is 0.630. The first-order chi connectivity index (χ1) is 11.8. The van der Waals surface area contributed by atoms with E-state index in [9.17, 15) is 4.39 Å². The molecule has 0 saturated carbocycles. The van der Waals surface area contributed by atoms with Crippen LogP contribution in [0, 0.1) is 19.7 Å². The van der Waals surface area contributed by atoms with Gasteiger partial charge in [0.25, 0.3) is 0 Å². The molecule has 3 nitrogen and oxygen atoms in total. The number of halogens is 2. The Labute approximate surface area is 151 Å². The second-order valence-corrected chi connectivity index (χ2v) is 6.62. The molecular weight excluding hydrogens is 337 g/mol. The van der Waals surface area contributed by atoms with Gasteiger partial charge in [0.1, 0.15) is 11.6 Å². The van der Waals surface area contributed by atoms with E-state index >= 15 is 0 Å². The molecule has 0 radical (unpaired) electrons. The Balaban J connectivity index is 2.35. The second kappa shape index (κ2) is 6.45. The molecule has 2 aromatic carbocycles. The monoisotopic (exact) mass is 355 g/mol.